The molecule has 0 bridgehead atoms. The molecular formula is C13H17N5O3. The van der Waals surface area contributed by atoms with Crippen molar-refractivity contribution in [1.29, 1.82) is 0 Å². The fourth-order valence-corrected chi connectivity index (χ4v) is 1.81. The van der Waals surface area contributed by atoms with Gasteiger partial charge in [-0.2, -0.15) is 10.2 Å². The maximum atomic E-state index is 12.0. The molecule has 1 amide bonds. The van der Waals surface area contributed by atoms with Gasteiger partial charge in [0, 0.05) is 18.9 Å². The first-order chi connectivity index (χ1) is 10.0. The van der Waals surface area contributed by atoms with Crippen molar-refractivity contribution in [2.24, 2.45) is 0 Å². The fraction of sp³-hybridized carbons (Fsp3) is 0.385. The largest absolute Gasteiger partial charge is 0.464 e. The van der Waals surface area contributed by atoms with Gasteiger partial charge in [-0.25, -0.2) is 4.79 Å². The van der Waals surface area contributed by atoms with E-state index in [0.29, 0.717) is 12.2 Å². The van der Waals surface area contributed by atoms with Gasteiger partial charge in [-0.1, -0.05) is 0 Å². The number of ether oxygens (including phenoxy) is 1. The highest BCUT2D eigenvalue weighted by molar-refractivity contribution is 5.99. The Balaban J connectivity index is 2.12. The molecule has 0 radical (unpaired) electrons. The van der Waals surface area contributed by atoms with E-state index in [1.807, 2.05) is 19.9 Å². The molecule has 0 saturated heterocycles. The molecule has 2 aromatic heterocycles. The van der Waals surface area contributed by atoms with Crippen LogP contribution in [0.2, 0.25) is 0 Å². The molecule has 2 rings (SSSR count). The van der Waals surface area contributed by atoms with Crippen molar-refractivity contribution in [1.82, 2.24) is 19.6 Å². The van der Waals surface area contributed by atoms with E-state index in [4.69, 9.17) is 0 Å². The number of carbonyl (C=O) groups excluding carboxylic acids is 2. The lowest BCUT2D eigenvalue weighted by atomic mass is 10.3. The molecule has 112 valence electrons. The number of aryl methyl sites for hydroxylation is 2. The van der Waals surface area contributed by atoms with E-state index in [1.165, 1.54) is 11.8 Å². The molecule has 0 atom stereocenters. The maximum absolute atomic E-state index is 12.0. The van der Waals surface area contributed by atoms with Crippen LogP contribution in [0.15, 0.2) is 18.5 Å². The van der Waals surface area contributed by atoms with Crippen LogP contribution in [0.3, 0.4) is 0 Å². The number of esters is 1. The Bertz CT molecular complexity index is 659. The molecule has 8 nitrogen and oxygen atoms in total. The second-order valence-electron chi connectivity index (χ2n) is 4.44. The number of methoxy groups -OCH3 is 1. The zero-order chi connectivity index (χ0) is 15.4. The van der Waals surface area contributed by atoms with Crippen molar-refractivity contribution < 1.29 is 14.3 Å². The molecule has 0 aromatic carbocycles. The van der Waals surface area contributed by atoms with Crippen LogP contribution >= 0.6 is 0 Å². The molecule has 21 heavy (non-hydrogen) atoms. The van der Waals surface area contributed by atoms with Gasteiger partial charge in [-0.15, -0.1) is 0 Å². The summed E-state index contributed by atoms with van der Waals surface area (Å²) in [4.78, 5) is 23.6. The van der Waals surface area contributed by atoms with Crippen LogP contribution in [0, 0.1) is 6.92 Å². The highest BCUT2D eigenvalue weighted by atomic mass is 16.5. The van der Waals surface area contributed by atoms with E-state index in [2.05, 4.69) is 20.3 Å². The minimum absolute atomic E-state index is 0.0613. The predicted molar refractivity (Wildman–Crippen MR) is 74.8 cm³/mol. The van der Waals surface area contributed by atoms with Crippen LogP contribution in [-0.2, 0) is 22.6 Å². The van der Waals surface area contributed by atoms with E-state index in [0.717, 1.165) is 5.69 Å². The molecule has 0 aliphatic rings. The van der Waals surface area contributed by atoms with Crippen molar-refractivity contribution in [3.8, 4) is 0 Å². The molecule has 2 heterocycles. The van der Waals surface area contributed by atoms with Crippen LogP contribution < -0.4 is 5.32 Å². The first kappa shape index (κ1) is 14.8. The normalized spacial score (nSPS) is 10.4. The summed E-state index contributed by atoms with van der Waals surface area (Å²) in [7, 11) is 1.27. The summed E-state index contributed by atoms with van der Waals surface area (Å²) in [5.41, 5.74) is 1.25. The molecule has 0 spiro atoms. The van der Waals surface area contributed by atoms with Gasteiger partial charge < -0.3 is 10.1 Å². The third kappa shape index (κ3) is 3.47. The van der Waals surface area contributed by atoms with Crippen molar-refractivity contribution >= 4 is 17.6 Å². The van der Waals surface area contributed by atoms with E-state index >= 15 is 0 Å². The van der Waals surface area contributed by atoms with Crippen molar-refractivity contribution in [3.63, 3.8) is 0 Å². The highest BCUT2D eigenvalue weighted by Crippen LogP contribution is 2.15. The number of anilines is 1. The highest BCUT2D eigenvalue weighted by Gasteiger charge is 2.19. The van der Waals surface area contributed by atoms with Crippen LogP contribution in [-0.4, -0.2) is 38.5 Å². The summed E-state index contributed by atoms with van der Waals surface area (Å²) in [6.07, 6.45) is 3.31. The molecule has 8 heteroatoms. The number of amides is 1. The average molecular weight is 291 g/mol. The van der Waals surface area contributed by atoms with Gasteiger partial charge in [0.25, 0.3) is 0 Å². The maximum Gasteiger partial charge on any atom is 0.360 e. The number of rotatable bonds is 5. The first-order valence-corrected chi connectivity index (χ1v) is 6.49. The van der Waals surface area contributed by atoms with E-state index in [9.17, 15) is 9.59 Å². The third-order valence-electron chi connectivity index (χ3n) is 2.82. The summed E-state index contributed by atoms with van der Waals surface area (Å²) in [6, 6.07) is 1.81. The van der Waals surface area contributed by atoms with Crippen LogP contribution in [0.4, 0.5) is 5.69 Å². The topological polar surface area (TPSA) is 91.0 Å². The summed E-state index contributed by atoms with van der Waals surface area (Å²) < 4.78 is 7.73. The Morgan fingerprint density at radius 3 is 2.67 bits per heavy atom. The number of nitrogens with one attached hydrogen (secondary N) is 1. The SMILES string of the molecule is CCn1cc(NC(=O)Cn2ccc(C)n2)c(C(=O)OC)n1. The Hall–Kier alpha value is -2.64. The Kier molecular flexibility index (Phi) is 4.36. The molecular weight excluding hydrogens is 274 g/mol. The van der Waals surface area contributed by atoms with Crippen LogP contribution in [0.1, 0.15) is 23.1 Å². The van der Waals surface area contributed by atoms with Gasteiger partial charge in [-0.3, -0.25) is 14.2 Å². The standard InChI is InChI=1S/C13H17N5O3/c1-4-17-7-10(12(16-17)13(20)21-3)14-11(19)8-18-6-5-9(2)15-18/h5-7H,4,8H2,1-3H3,(H,14,19). The van der Waals surface area contributed by atoms with Crippen molar-refractivity contribution in [2.75, 3.05) is 12.4 Å². The Morgan fingerprint density at radius 2 is 2.10 bits per heavy atom. The van der Waals surface area contributed by atoms with E-state index in [-0.39, 0.29) is 18.1 Å². The predicted octanol–water partition coefficient (Wildman–Crippen LogP) is 0.833. The van der Waals surface area contributed by atoms with Crippen molar-refractivity contribution in [3.05, 3.63) is 29.8 Å². The molecule has 0 aliphatic carbocycles. The van der Waals surface area contributed by atoms with E-state index in [1.54, 1.807) is 17.1 Å². The second kappa shape index (κ2) is 6.21. The monoisotopic (exact) mass is 291 g/mol. The molecule has 0 aliphatic heterocycles. The minimum Gasteiger partial charge on any atom is -0.464 e. The molecule has 0 saturated carbocycles. The fourth-order valence-electron chi connectivity index (χ4n) is 1.81. The Morgan fingerprint density at radius 1 is 1.33 bits per heavy atom. The zero-order valence-corrected chi connectivity index (χ0v) is 12.2. The minimum atomic E-state index is -0.590. The van der Waals surface area contributed by atoms with Gasteiger partial charge in [0.2, 0.25) is 5.91 Å². The molecule has 0 fully saturated rings. The summed E-state index contributed by atoms with van der Waals surface area (Å²) in [5.74, 6) is -0.883. The molecule has 0 unspecified atom stereocenters. The van der Waals surface area contributed by atoms with Gasteiger partial charge in [0.15, 0.2) is 5.69 Å². The lowest BCUT2D eigenvalue weighted by molar-refractivity contribution is -0.116. The lowest BCUT2D eigenvalue weighted by Gasteiger charge is -2.04. The number of aromatic nitrogens is 4. The molecule has 1 N–H and O–H groups in total. The van der Waals surface area contributed by atoms with Crippen LogP contribution in [0.25, 0.3) is 0 Å². The smallest absolute Gasteiger partial charge is 0.360 e. The zero-order valence-electron chi connectivity index (χ0n) is 12.2. The van der Waals surface area contributed by atoms with Gasteiger partial charge in [-0.05, 0) is 19.9 Å². The quantitative estimate of drug-likeness (QED) is 0.824. The molecule has 2 aromatic rings. The Labute approximate surface area is 121 Å². The van der Waals surface area contributed by atoms with Gasteiger partial charge in [0.1, 0.15) is 6.54 Å². The average Bonchev–Trinajstić information content (AvgIpc) is 3.04. The second-order valence-corrected chi connectivity index (χ2v) is 4.44. The summed E-state index contributed by atoms with van der Waals surface area (Å²) >= 11 is 0. The number of nitrogens with zero attached hydrogens (tertiary/aromatic N) is 4. The third-order valence-corrected chi connectivity index (χ3v) is 2.82. The van der Waals surface area contributed by atoms with E-state index < -0.39 is 5.97 Å². The number of hydrogen-bond acceptors (Lipinski definition) is 5. The number of carbonyl (C=O) groups is 2. The first-order valence-electron chi connectivity index (χ1n) is 6.49. The van der Waals surface area contributed by atoms with Crippen LogP contribution in [0.5, 0.6) is 0 Å². The van der Waals surface area contributed by atoms with Crippen molar-refractivity contribution in [2.45, 2.75) is 26.9 Å². The summed E-state index contributed by atoms with van der Waals surface area (Å²) in [5, 5.41) is 10.9. The number of hydrogen-bond donors (Lipinski definition) is 1. The lowest BCUT2D eigenvalue weighted by Crippen LogP contribution is -2.20. The van der Waals surface area contributed by atoms with Gasteiger partial charge in [0.05, 0.1) is 18.5 Å². The summed E-state index contributed by atoms with van der Waals surface area (Å²) in [6.45, 7) is 4.37. The van der Waals surface area contributed by atoms with Gasteiger partial charge >= 0.3 is 5.97 Å².